The van der Waals surface area contributed by atoms with E-state index in [0.29, 0.717) is 18.8 Å². The van der Waals surface area contributed by atoms with Gasteiger partial charge in [0.25, 0.3) is 0 Å². The highest BCUT2D eigenvalue weighted by molar-refractivity contribution is 5.90. The Labute approximate surface area is 133 Å². The van der Waals surface area contributed by atoms with Gasteiger partial charge < -0.3 is 16.0 Å². The van der Waals surface area contributed by atoms with Gasteiger partial charge in [-0.1, -0.05) is 0 Å². The van der Waals surface area contributed by atoms with Crippen LogP contribution < -0.4 is 11.1 Å². The third-order valence-corrected chi connectivity index (χ3v) is 3.91. The van der Waals surface area contributed by atoms with Gasteiger partial charge in [-0.3, -0.25) is 4.79 Å². The lowest BCUT2D eigenvalue weighted by Crippen LogP contribution is -2.45. The summed E-state index contributed by atoms with van der Waals surface area (Å²) in [5.41, 5.74) is 6.87. The second-order valence-electron chi connectivity index (χ2n) is 5.50. The number of carbonyl (C=O) groups excluding carboxylic acids is 2. The molecule has 3 rings (SSSR count). The van der Waals surface area contributed by atoms with Crippen LogP contribution in [0.4, 0.5) is 10.5 Å². The fraction of sp³-hybridized carbons (Fsp3) is 0.333. The van der Waals surface area contributed by atoms with Gasteiger partial charge in [0.1, 0.15) is 12.7 Å². The van der Waals surface area contributed by atoms with E-state index in [1.165, 1.54) is 6.33 Å². The van der Waals surface area contributed by atoms with E-state index in [-0.39, 0.29) is 17.9 Å². The maximum atomic E-state index is 12.3. The molecular formula is C15H18N6O2. The average molecular weight is 314 g/mol. The second-order valence-corrected chi connectivity index (χ2v) is 5.50. The first-order valence-electron chi connectivity index (χ1n) is 7.44. The van der Waals surface area contributed by atoms with Crippen molar-refractivity contribution in [2.75, 3.05) is 18.4 Å². The Morgan fingerprint density at radius 1 is 1.26 bits per heavy atom. The number of hydrogen-bond acceptors (Lipinski definition) is 4. The Kier molecular flexibility index (Phi) is 4.22. The molecule has 0 spiro atoms. The fourth-order valence-electron chi connectivity index (χ4n) is 2.64. The Morgan fingerprint density at radius 2 is 2.04 bits per heavy atom. The van der Waals surface area contributed by atoms with Crippen LogP contribution in [0.1, 0.15) is 12.8 Å². The zero-order valence-corrected chi connectivity index (χ0v) is 12.6. The number of aromatic nitrogens is 3. The molecule has 1 aliphatic rings. The number of likely N-dealkylation sites (tertiary alicyclic amines) is 1. The molecule has 120 valence electrons. The standard InChI is InChI=1S/C15H18N6O2/c16-14(22)11-2-1-7-20(8-11)15(23)19-12-3-5-13(6-4-12)21-10-17-9-18-21/h3-6,9-11H,1-2,7-8H2,(H2,16,22)(H,19,23)/t11-/m0/s1. The first-order valence-corrected chi connectivity index (χ1v) is 7.44. The molecule has 8 nitrogen and oxygen atoms in total. The van der Waals surface area contributed by atoms with Crippen LogP contribution in [0.15, 0.2) is 36.9 Å². The second kappa shape index (κ2) is 6.47. The van der Waals surface area contributed by atoms with Crippen molar-refractivity contribution in [1.29, 1.82) is 0 Å². The van der Waals surface area contributed by atoms with Crippen molar-refractivity contribution in [2.45, 2.75) is 12.8 Å². The molecule has 3 amide bonds. The lowest BCUT2D eigenvalue weighted by atomic mass is 9.98. The summed E-state index contributed by atoms with van der Waals surface area (Å²) in [5, 5.41) is 6.87. The van der Waals surface area contributed by atoms with Crippen LogP contribution in [0, 0.1) is 5.92 Å². The van der Waals surface area contributed by atoms with Gasteiger partial charge in [0.2, 0.25) is 5.91 Å². The van der Waals surface area contributed by atoms with Crippen molar-refractivity contribution in [1.82, 2.24) is 19.7 Å². The maximum Gasteiger partial charge on any atom is 0.321 e. The van der Waals surface area contributed by atoms with Crippen LogP contribution >= 0.6 is 0 Å². The third-order valence-electron chi connectivity index (χ3n) is 3.91. The molecule has 2 aromatic rings. The van der Waals surface area contributed by atoms with Gasteiger partial charge in [-0.25, -0.2) is 14.5 Å². The number of hydrogen-bond donors (Lipinski definition) is 2. The molecule has 0 saturated carbocycles. The number of urea groups is 1. The minimum atomic E-state index is -0.348. The number of anilines is 1. The molecule has 1 aromatic carbocycles. The summed E-state index contributed by atoms with van der Waals surface area (Å²) in [6.45, 7) is 1.00. The van der Waals surface area contributed by atoms with Crippen molar-refractivity contribution in [3.05, 3.63) is 36.9 Å². The molecule has 0 unspecified atom stereocenters. The largest absolute Gasteiger partial charge is 0.369 e. The lowest BCUT2D eigenvalue weighted by Gasteiger charge is -2.31. The molecule has 1 atom stereocenters. The summed E-state index contributed by atoms with van der Waals surface area (Å²) in [4.78, 5) is 29.1. The Bertz CT molecular complexity index is 683. The summed E-state index contributed by atoms with van der Waals surface area (Å²) < 4.78 is 1.63. The van der Waals surface area contributed by atoms with E-state index < -0.39 is 0 Å². The Balaban J connectivity index is 1.62. The summed E-state index contributed by atoms with van der Waals surface area (Å²) in [7, 11) is 0. The van der Waals surface area contributed by atoms with E-state index >= 15 is 0 Å². The first-order chi connectivity index (χ1) is 11.1. The first kappa shape index (κ1) is 15.0. The number of nitrogens with two attached hydrogens (primary N) is 1. The molecule has 8 heteroatoms. The van der Waals surface area contributed by atoms with Gasteiger partial charge in [-0.05, 0) is 37.1 Å². The molecule has 1 aliphatic heterocycles. The topological polar surface area (TPSA) is 106 Å². The van der Waals surface area contributed by atoms with Crippen LogP contribution in [0.5, 0.6) is 0 Å². The van der Waals surface area contributed by atoms with Crippen LogP contribution in [0.2, 0.25) is 0 Å². The molecule has 23 heavy (non-hydrogen) atoms. The van der Waals surface area contributed by atoms with Crippen molar-refractivity contribution in [3.8, 4) is 5.69 Å². The van der Waals surface area contributed by atoms with Crippen molar-refractivity contribution in [2.24, 2.45) is 11.7 Å². The van der Waals surface area contributed by atoms with Gasteiger partial charge in [0.15, 0.2) is 0 Å². The van der Waals surface area contributed by atoms with Gasteiger partial charge in [-0.15, -0.1) is 0 Å². The summed E-state index contributed by atoms with van der Waals surface area (Å²) >= 11 is 0. The zero-order chi connectivity index (χ0) is 16.2. The third kappa shape index (κ3) is 3.47. The highest BCUT2D eigenvalue weighted by atomic mass is 16.2. The van der Waals surface area contributed by atoms with E-state index in [4.69, 9.17) is 5.73 Å². The molecule has 0 aliphatic carbocycles. The fourth-order valence-corrected chi connectivity index (χ4v) is 2.64. The van der Waals surface area contributed by atoms with Crippen LogP contribution in [0.3, 0.4) is 0 Å². The highest BCUT2D eigenvalue weighted by Crippen LogP contribution is 2.18. The Hall–Kier alpha value is -2.90. The SMILES string of the molecule is NC(=O)[C@H]1CCCN(C(=O)Nc2ccc(-n3cncn3)cc2)C1. The van der Waals surface area contributed by atoms with E-state index in [1.54, 1.807) is 28.0 Å². The number of nitrogens with one attached hydrogen (secondary N) is 1. The number of benzene rings is 1. The van der Waals surface area contributed by atoms with Crippen LogP contribution in [-0.4, -0.2) is 44.7 Å². The van der Waals surface area contributed by atoms with Crippen molar-refractivity contribution < 1.29 is 9.59 Å². The number of primary amides is 1. The van der Waals surface area contributed by atoms with Crippen molar-refractivity contribution in [3.63, 3.8) is 0 Å². The van der Waals surface area contributed by atoms with Crippen LogP contribution in [-0.2, 0) is 4.79 Å². The molecule has 3 N–H and O–H groups in total. The normalized spacial score (nSPS) is 17.7. The molecule has 1 saturated heterocycles. The summed E-state index contributed by atoms with van der Waals surface area (Å²) in [6, 6.07) is 7.05. The number of rotatable bonds is 3. The predicted molar refractivity (Wildman–Crippen MR) is 83.9 cm³/mol. The van der Waals surface area contributed by atoms with E-state index in [1.807, 2.05) is 12.1 Å². The molecule has 0 bridgehead atoms. The Morgan fingerprint density at radius 3 is 2.70 bits per heavy atom. The minimum Gasteiger partial charge on any atom is -0.369 e. The summed E-state index contributed by atoms with van der Waals surface area (Å²) in [6.07, 6.45) is 4.59. The van der Waals surface area contributed by atoms with Crippen LogP contribution in [0.25, 0.3) is 5.69 Å². The highest BCUT2D eigenvalue weighted by Gasteiger charge is 2.26. The number of carbonyl (C=O) groups is 2. The molecule has 1 fully saturated rings. The smallest absolute Gasteiger partial charge is 0.321 e. The van der Waals surface area contributed by atoms with Crippen molar-refractivity contribution >= 4 is 17.6 Å². The van der Waals surface area contributed by atoms with E-state index in [0.717, 1.165) is 18.5 Å². The molecular weight excluding hydrogens is 296 g/mol. The number of piperidine rings is 1. The quantitative estimate of drug-likeness (QED) is 0.881. The van der Waals surface area contributed by atoms with E-state index in [9.17, 15) is 9.59 Å². The minimum absolute atomic E-state index is 0.218. The summed E-state index contributed by atoms with van der Waals surface area (Å²) in [5.74, 6) is -0.608. The van der Waals surface area contributed by atoms with Gasteiger partial charge in [-0.2, -0.15) is 5.10 Å². The molecule has 0 radical (unpaired) electrons. The van der Waals surface area contributed by atoms with Gasteiger partial charge in [0.05, 0.1) is 11.6 Å². The average Bonchev–Trinajstić information content (AvgIpc) is 3.10. The number of amides is 3. The van der Waals surface area contributed by atoms with Gasteiger partial charge >= 0.3 is 6.03 Å². The maximum absolute atomic E-state index is 12.3. The number of nitrogens with zero attached hydrogens (tertiary/aromatic N) is 4. The predicted octanol–water partition coefficient (Wildman–Crippen LogP) is 0.996. The zero-order valence-electron chi connectivity index (χ0n) is 12.6. The molecule has 1 aromatic heterocycles. The van der Waals surface area contributed by atoms with Gasteiger partial charge in [0, 0.05) is 18.8 Å². The molecule has 2 heterocycles. The monoisotopic (exact) mass is 314 g/mol. The van der Waals surface area contributed by atoms with E-state index in [2.05, 4.69) is 15.4 Å². The lowest BCUT2D eigenvalue weighted by molar-refractivity contribution is -0.123.